The van der Waals surface area contributed by atoms with Gasteiger partial charge in [-0.1, -0.05) is 11.6 Å². The molecule has 1 fully saturated rings. The van der Waals surface area contributed by atoms with E-state index in [0.717, 1.165) is 18.1 Å². The lowest BCUT2D eigenvalue weighted by Gasteiger charge is -2.15. The van der Waals surface area contributed by atoms with Crippen molar-refractivity contribution in [1.29, 1.82) is 0 Å². The van der Waals surface area contributed by atoms with Crippen LogP contribution in [0.1, 0.15) is 0 Å². The van der Waals surface area contributed by atoms with Gasteiger partial charge in [-0.3, -0.25) is 0 Å². The molecule has 1 aliphatic heterocycles. The largest absolute Gasteiger partial charge is 0.361 e. The summed E-state index contributed by atoms with van der Waals surface area (Å²) in [5.41, 5.74) is -0.0289. The number of hydrogen-bond donors (Lipinski definition) is 0. The maximum absolute atomic E-state index is 5.57. The summed E-state index contributed by atoms with van der Waals surface area (Å²) in [6.45, 7) is 0.818. The molecule has 1 nitrogen and oxygen atoms in total. The molecule has 1 aliphatic rings. The van der Waals surface area contributed by atoms with E-state index in [2.05, 4.69) is 0 Å². The standard InChI is InChI=1S/C4H7ClOS/c5-4-3-7-2-1-6-4/h4H,1-3H2. The van der Waals surface area contributed by atoms with Crippen LogP contribution in [0, 0.1) is 0 Å². The summed E-state index contributed by atoms with van der Waals surface area (Å²) in [5, 5.41) is 0. The average molecular weight is 139 g/mol. The number of halogens is 1. The fourth-order valence-electron chi connectivity index (χ4n) is 0.459. The number of thioether (sulfide) groups is 1. The average Bonchev–Trinajstić information content (AvgIpc) is 1.69. The highest BCUT2D eigenvalue weighted by atomic mass is 35.5. The molecule has 1 rings (SSSR count). The smallest absolute Gasteiger partial charge is 0.140 e. The van der Waals surface area contributed by atoms with Crippen LogP contribution < -0.4 is 0 Å². The zero-order chi connectivity index (χ0) is 5.11. The number of hydrogen-bond acceptors (Lipinski definition) is 2. The Morgan fingerprint density at radius 3 is 2.86 bits per heavy atom. The van der Waals surface area contributed by atoms with Gasteiger partial charge in [-0.25, -0.2) is 0 Å². The minimum absolute atomic E-state index is 0.0289. The van der Waals surface area contributed by atoms with Crippen molar-refractivity contribution in [1.82, 2.24) is 0 Å². The second-order valence-electron chi connectivity index (χ2n) is 1.36. The predicted octanol–water partition coefficient (Wildman–Crippen LogP) is 1.31. The summed E-state index contributed by atoms with van der Waals surface area (Å²) in [6.07, 6.45) is 0. The maximum atomic E-state index is 5.57. The molecule has 1 atom stereocenters. The van der Waals surface area contributed by atoms with Crippen molar-refractivity contribution in [2.45, 2.75) is 5.56 Å². The molecule has 0 saturated carbocycles. The number of rotatable bonds is 0. The van der Waals surface area contributed by atoms with Gasteiger partial charge >= 0.3 is 0 Å². The molecule has 0 bridgehead atoms. The fraction of sp³-hybridized carbons (Fsp3) is 1.00. The van der Waals surface area contributed by atoms with E-state index in [-0.39, 0.29) is 5.56 Å². The molecule has 0 aromatic heterocycles. The van der Waals surface area contributed by atoms with Crippen molar-refractivity contribution in [2.75, 3.05) is 18.1 Å². The molecule has 1 saturated heterocycles. The van der Waals surface area contributed by atoms with E-state index in [1.165, 1.54) is 0 Å². The Hall–Kier alpha value is 0.600. The Kier molecular flexibility index (Phi) is 2.29. The van der Waals surface area contributed by atoms with Crippen LogP contribution in [0.5, 0.6) is 0 Å². The van der Waals surface area contributed by atoms with E-state index < -0.39 is 0 Å². The highest BCUT2D eigenvalue weighted by Gasteiger charge is 2.08. The monoisotopic (exact) mass is 138 g/mol. The van der Waals surface area contributed by atoms with Crippen molar-refractivity contribution in [3.05, 3.63) is 0 Å². The minimum Gasteiger partial charge on any atom is -0.361 e. The summed E-state index contributed by atoms with van der Waals surface area (Å²) in [4.78, 5) is 0. The SMILES string of the molecule is ClC1CSCCO1. The molecule has 42 valence electrons. The highest BCUT2D eigenvalue weighted by Crippen LogP contribution is 2.14. The minimum atomic E-state index is -0.0289. The molecule has 0 spiro atoms. The second kappa shape index (κ2) is 2.80. The van der Waals surface area contributed by atoms with Crippen LogP contribution in [0.3, 0.4) is 0 Å². The molecule has 0 aliphatic carbocycles. The van der Waals surface area contributed by atoms with Crippen LogP contribution >= 0.6 is 23.4 Å². The van der Waals surface area contributed by atoms with Crippen molar-refractivity contribution in [2.24, 2.45) is 0 Å². The van der Waals surface area contributed by atoms with Crippen LogP contribution in [0.2, 0.25) is 0 Å². The third kappa shape index (κ3) is 1.89. The van der Waals surface area contributed by atoms with Crippen LogP contribution in [0.15, 0.2) is 0 Å². The van der Waals surface area contributed by atoms with Gasteiger partial charge in [-0.15, -0.1) is 0 Å². The van der Waals surface area contributed by atoms with Gasteiger partial charge in [0.15, 0.2) is 0 Å². The van der Waals surface area contributed by atoms with E-state index in [1.54, 1.807) is 0 Å². The van der Waals surface area contributed by atoms with E-state index in [4.69, 9.17) is 16.3 Å². The van der Waals surface area contributed by atoms with Crippen LogP contribution in [-0.4, -0.2) is 23.7 Å². The molecular weight excluding hydrogens is 132 g/mol. The van der Waals surface area contributed by atoms with E-state index in [0.29, 0.717) is 0 Å². The Labute approximate surface area is 52.4 Å². The van der Waals surface area contributed by atoms with Crippen LogP contribution in [0.25, 0.3) is 0 Å². The molecule has 1 heterocycles. The topological polar surface area (TPSA) is 9.23 Å². The Morgan fingerprint density at radius 1 is 1.71 bits per heavy atom. The van der Waals surface area contributed by atoms with Crippen molar-refractivity contribution >= 4 is 23.4 Å². The van der Waals surface area contributed by atoms with E-state index in [1.807, 2.05) is 11.8 Å². The molecule has 0 radical (unpaired) electrons. The molecular formula is C4H7ClOS. The second-order valence-corrected chi connectivity index (χ2v) is 2.99. The normalized spacial score (nSPS) is 33.0. The molecule has 0 aromatic rings. The lowest BCUT2D eigenvalue weighted by molar-refractivity contribution is 0.131. The molecule has 1 unspecified atom stereocenters. The summed E-state index contributed by atoms with van der Waals surface area (Å²) >= 11 is 7.42. The Morgan fingerprint density at radius 2 is 2.57 bits per heavy atom. The maximum Gasteiger partial charge on any atom is 0.140 e. The Balaban J connectivity index is 2.12. The van der Waals surface area contributed by atoms with Gasteiger partial charge in [0.1, 0.15) is 5.56 Å². The van der Waals surface area contributed by atoms with Crippen LogP contribution in [0.4, 0.5) is 0 Å². The van der Waals surface area contributed by atoms with Crippen molar-refractivity contribution in [3.63, 3.8) is 0 Å². The van der Waals surface area contributed by atoms with Crippen molar-refractivity contribution in [3.8, 4) is 0 Å². The van der Waals surface area contributed by atoms with Gasteiger partial charge in [-0.05, 0) is 0 Å². The summed E-state index contributed by atoms with van der Waals surface area (Å²) in [5.74, 6) is 2.05. The quantitative estimate of drug-likeness (QED) is 0.467. The fourth-order valence-corrected chi connectivity index (χ4v) is 1.48. The first-order valence-corrected chi connectivity index (χ1v) is 3.82. The predicted molar refractivity (Wildman–Crippen MR) is 32.9 cm³/mol. The van der Waals surface area contributed by atoms with Gasteiger partial charge in [0.25, 0.3) is 0 Å². The van der Waals surface area contributed by atoms with E-state index >= 15 is 0 Å². The van der Waals surface area contributed by atoms with Crippen molar-refractivity contribution < 1.29 is 4.74 Å². The summed E-state index contributed by atoms with van der Waals surface area (Å²) in [6, 6.07) is 0. The van der Waals surface area contributed by atoms with Crippen LogP contribution in [-0.2, 0) is 4.74 Å². The van der Waals surface area contributed by atoms with E-state index in [9.17, 15) is 0 Å². The lowest BCUT2D eigenvalue weighted by Crippen LogP contribution is -2.16. The van der Waals surface area contributed by atoms with Gasteiger partial charge < -0.3 is 4.74 Å². The van der Waals surface area contributed by atoms with Gasteiger partial charge in [-0.2, -0.15) is 11.8 Å². The first-order chi connectivity index (χ1) is 3.39. The van der Waals surface area contributed by atoms with Gasteiger partial charge in [0.05, 0.1) is 6.61 Å². The lowest BCUT2D eigenvalue weighted by atomic mass is 10.8. The number of alkyl halides is 1. The number of ether oxygens (including phenoxy) is 1. The van der Waals surface area contributed by atoms with Gasteiger partial charge in [0.2, 0.25) is 0 Å². The first kappa shape index (κ1) is 5.73. The third-order valence-corrected chi connectivity index (χ3v) is 2.23. The highest BCUT2D eigenvalue weighted by molar-refractivity contribution is 7.99. The summed E-state index contributed by atoms with van der Waals surface area (Å²) < 4.78 is 5.02. The first-order valence-electron chi connectivity index (χ1n) is 2.23. The Bertz CT molecular complexity index is 53.7. The molecule has 7 heavy (non-hydrogen) atoms. The molecule has 3 heteroatoms. The molecule has 0 amide bonds. The molecule has 0 aromatic carbocycles. The summed E-state index contributed by atoms with van der Waals surface area (Å²) in [7, 11) is 0. The zero-order valence-electron chi connectivity index (χ0n) is 3.89. The van der Waals surface area contributed by atoms with Gasteiger partial charge in [0, 0.05) is 11.5 Å². The molecule has 0 N–H and O–H groups in total. The third-order valence-electron chi connectivity index (χ3n) is 0.775. The zero-order valence-corrected chi connectivity index (χ0v) is 5.47.